The van der Waals surface area contributed by atoms with E-state index in [4.69, 9.17) is 4.42 Å². The number of halogens is 4. The topological polar surface area (TPSA) is 58.4 Å². The van der Waals surface area contributed by atoms with Gasteiger partial charge in [0.05, 0.1) is 11.8 Å². The molecule has 2 heterocycles. The summed E-state index contributed by atoms with van der Waals surface area (Å²) >= 11 is 0. The van der Waals surface area contributed by atoms with Crippen LogP contribution in [0.2, 0.25) is 0 Å². The van der Waals surface area contributed by atoms with Crippen molar-refractivity contribution in [1.82, 2.24) is 15.2 Å². The largest absolute Gasteiger partial charge is 0.441 e. The minimum absolute atomic E-state index is 0. The molecule has 1 saturated heterocycles. The Morgan fingerprint density at radius 3 is 2.85 bits per heavy atom. The van der Waals surface area contributed by atoms with Crippen LogP contribution >= 0.6 is 24.8 Å². The molecule has 1 unspecified atom stereocenters. The first-order chi connectivity index (χ1) is 12.1. The molecule has 5 nitrogen and oxygen atoms in total. The Morgan fingerprint density at radius 2 is 2.15 bits per heavy atom. The zero-order chi connectivity index (χ0) is 17.8. The number of oxazole rings is 1. The van der Waals surface area contributed by atoms with E-state index in [-0.39, 0.29) is 48.1 Å². The number of carbonyl (C=O) groups excluding carboxylic acids is 1. The van der Waals surface area contributed by atoms with E-state index in [1.165, 1.54) is 18.3 Å². The Kier molecular flexibility index (Phi) is 9.15. The van der Waals surface area contributed by atoms with Gasteiger partial charge in [0, 0.05) is 38.0 Å². The van der Waals surface area contributed by atoms with Crippen LogP contribution in [0.4, 0.5) is 8.78 Å². The molecule has 27 heavy (non-hydrogen) atoms. The number of nitrogens with one attached hydrogen (secondary N) is 1. The number of aromatic nitrogens is 1. The predicted molar refractivity (Wildman–Crippen MR) is 103 cm³/mol. The van der Waals surface area contributed by atoms with Gasteiger partial charge in [0.2, 0.25) is 5.91 Å². The van der Waals surface area contributed by atoms with Crippen LogP contribution in [0.15, 0.2) is 28.8 Å². The number of amides is 1. The highest BCUT2D eigenvalue weighted by atomic mass is 35.5. The van der Waals surface area contributed by atoms with E-state index in [1.54, 1.807) is 0 Å². The molecule has 9 heteroatoms. The molecular weight excluding hydrogens is 399 g/mol. The van der Waals surface area contributed by atoms with Crippen molar-refractivity contribution in [2.45, 2.75) is 31.7 Å². The molecule has 2 aromatic rings. The molecule has 0 aliphatic carbocycles. The minimum atomic E-state index is -0.703. The lowest BCUT2D eigenvalue weighted by Gasteiger charge is -2.24. The monoisotopic (exact) mass is 421 g/mol. The van der Waals surface area contributed by atoms with E-state index < -0.39 is 11.6 Å². The van der Waals surface area contributed by atoms with Crippen molar-refractivity contribution in [1.29, 1.82) is 0 Å². The average molecular weight is 422 g/mol. The molecule has 0 saturated carbocycles. The van der Waals surface area contributed by atoms with Crippen molar-refractivity contribution in [3.63, 3.8) is 0 Å². The molecule has 1 aliphatic rings. The summed E-state index contributed by atoms with van der Waals surface area (Å²) in [6.45, 7) is 1.57. The summed E-state index contributed by atoms with van der Waals surface area (Å²) in [5.74, 6) is -0.671. The molecule has 150 valence electrons. The first-order valence-electron chi connectivity index (χ1n) is 8.42. The van der Waals surface area contributed by atoms with Gasteiger partial charge in [-0.1, -0.05) is 0 Å². The quantitative estimate of drug-likeness (QED) is 0.773. The van der Waals surface area contributed by atoms with Gasteiger partial charge in [0.25, 0.3) is 0 Å². The maximum Gasteiger partial charge on any atom is 0.223 e. The van der Waals surface area contributed by atoms with E-state index in [9.17, 15) is 13.6 Å². The lowest BCUT2D eigenvalue weighted by atomic mass is 10.2. The molecule has 1 N–H and O–H groups in total. The second kappa shape index (κ2) is 10.6. The fourth-order valence-corrected chi connectivity index (χ4v) is 3.21. The molecule has 1 aliphatic heterocycles. The fourth-order valence-electron chi connectivity index (χ4n) is 3.21. The van der Waals surface area contributed by atoms with E-state index in [2.05, 4.69) is 10.3 Å². The molecule has 3 rings (SSSR count). The second-order valence-corrected chi connectivity index (χ2v) is 6.18. The maximum absolute atomic E-state index is 13.8. The van der Waals surface area contributed by atoms with Crippen molar-refractivity contribution in [3.05, 3.63) is 41.9 Å². The predicted octanol–water partition coefficient (Wildman–Crippen LogP) is 3.61. The van der Waals surface area contributed by atoms with Gasteiger partial charge in [-0.15, -0.1) is 24.8 Å². The van der Waals surface area contributed by atoms with Crippen molar-refractivity contribution >= 4 is 30.7 Å². The summed E-state index contributed by atoms with van der Waals surface area (Å²) in [6.07, 6.45) is 4.08. The Labute approximate surface area is 169 Å². The first kappa shape index (κ1) is 23.3. The Hall–Kier alpha value is -1.70. The highest BCUT2D eigenvalue weighted by molar-refractivity contribution is 5.85. The van der Waals surface area contributed by atoms with E-state index in [0.717, 1.165) is 32.0 Å². The lowest BCUT2D eigenvalue weighted by molar-refractivity contribution is -0.131. The molecule has 0 radical (unpaired) electrons. The molecule has 1 aromatic heterocycles. The van der Waals surface area contributed by atoms with Gasteiger partial charge in [-0.05, 0) is 32.0 Å². The molecule has 1 amide bonds. The molecular formula is C18H23Cl2F2N3O2. The zero-order valence-electron chi connectivity index (χ0n) is 14.9. The van der Waals surface area contributed by atoms with Gasteiger partial charge < -0.3 is 14.6 Å². The lowest BCUT2D eigenvalue weighted by Crippen LogP contribution is -2.40. The van der Waals surface area contributed by atoms with Gasteiger partial charge in [-0.2, -0.15) is 0 Å². The third-order valence-electron chi connectivity index (χ3n) is 4.44. The molecule has 1 fully saturated rings. The standard InChI is InChI=1S/C18H21F2N3O2.2ClH/c1-21-10-13-3-2-8-23(13)18(24)7-6-17-22-11-16(25-17)14-5-4-12(19)9-15(14)20;;/h4-5,9,11,13,21H,2-3,6-8,10H2,1H3;2*1H. The summed E-state index contributed by atoms with van der Waals surface area (Å²) in [5.41, 5.74) is 0.153. The SMILES string of the molecule is CNCC1CCCN1C(=O)CCc1ncc(-c2ccc(F)cc2F)o1.Cl.Cl. The zero-order valence-corrected chi connectivity index (χ0v) is 16.5. The smallest absolute Gasteiger partial charge is 0.223 e. The van der Waals surface area contributed by atoms with E-state index in [0.29, 0.717) is 18.7 Å². The Morgan fingerprint density at radius 1 is 1.37 bits per heavy atom. The van der Waals surface area contributed by atoms with Gasteiger partial charge in [-0.3, -0.25) is 4.79 Å². The fraction of sp³-hybridized carbons (Fsp3) is 0.444. The van der Waals surface area contributed by atoms with E-state index >= 15 is 0 Å². The third kappa shape index (κ3) is 5.64. The maximum atomic E-state index is 13.8. The van der Waals surface area contributed by atoms with Crippen LogP contribution in [-0.2, 0) is 11.2 Å². The van der Waals surface area contributed by atoms with Gasteiger partial charge in [0.1, 0.15) is 11.6 Å². The van der Waals surface area contributed by atoms with Crippen molar-refractivity contribution in [3.8, 4) is 11.3 Å². The number of rotatable bonds is 6. The summed E-state index contributed by atoms with van der Waals surface area (Å²) in [5, 5.41) is 3.11. The number of hydrogen-bond donors (Lipinski definition) is 1. The minimum Gasteiger partial charge on any atom is -0.441 e. The van der Waals surface area contributed by atoms with Gasteiger partial charge >= 0.3 is 0 Å². The second-order valence-electron chi connectivity index (χ2n) is 6.18. The van der Waals surface area contributed by atoms with Gasteiger partial charge in [-0.25, -0.2) is 13.8 Å². The number of likely N-dealkylation sites (tertiary alicyclic amines) is 1. The summed E-state index contributed by atoms with van der Waals surface area (Å²) in [4.78, 5) is 18.4. The average Bonchev–Trinajstić information content (AvgIpc) is 3.22. The summed E-state index contributed by atoms with van der Waals surface area (Å²) in [6, 6.07) is 3.52. The van der Waals surface area contributed by atoms with E-state index in [1.807, 2.05) is 11.9 Å². The van der Waals surface area contributed by atoms with Crippen LogP contribution in [0, 0.1) is 11.6 Å². The number of nitrogens with zero attached hydrogens (tertiary/aromatic N) is 2. The normalized spacial score (nSPS) is 16.0. The van der Waals surface area contributed by atoms with Crippen LogP contribution < -0.4 is 5.32 Å². The summed E-state index contributed by atoms with van der Waals surface area (Å²) < 4.78 is 32.3. The van der Waals surface area contributed by atoms with Gasteiger partial charge in [0.15, 0.2) is 11.7 Å². The van der Waals surface area contributed by atoms with Crippen molar-refractivity contribution in [2.24, 2.45) is 0 Å². The Bertz CT molecular complexity index is 758. The highest BCUT2D eigenvalue weighted by Crippen LogP contribution is 2.25. The molecule has 1 atom stereocenters. The summed E-state index contributed by atoms with van der Waals surface area (Å²) in [7, 11) is 1.88. The van der Waals surface area contributed by atoms with Crippen LogP contribution in [-0.4, -0.2) is 42.0 Å². The number of aryl methyl sites for hydroxylation is 1. The highest BCUT2D eigenvalue weighted by Gasteiger charge is 2.27. The van der Waals surface area contributed by atoms with Crippen LogP contribution in [0.25, 0.3) is 11.3 Å². The Balaban J connectivity index is 0.00000182. The molecule has 1 aromatic carbocycles. The number of benzene rings is 1. The van der Waals surface area contributed by atoms with Crippen LogP contribution in [0.5, 0.6) is 0 Å². The number of carbonyl (C=O) groups is 1. The number of likely N-dealkylation sites (N-methyl/N-ethyl adjacent to an activating group) is 1. The van der Waals surface area contributed by atoms with Crippen molar-refractivity contribution in [2.75, 3.05) is 20.1 Å². The molecule has 0 spiro atoms. The molecule has 0 bridgehead atoms. The third-order valence-corrected chi connectivity index (χ3v) is 4.44. The van der Waals surface area contributed by atoms with Crippen LogP contribution in [0.3, 0.4) is 0 Å². The van der Waals surface area contributed by atoms with Crippen LogP contribution in [0.1, 0.15) is 25.2 Å². The number of hydrogen-bond acceptors (Lipinski definition) is 4. The van der Waals surface area contributed by atoms with Crippen molar-refractivity contribution < 1.29 is 18.0 Å². The first-order valence-corrected chi connectivity index (χ1v) is 8.42.